The number of carbonyl (C=O) groups excluding carboxylic acids is 1. The van der Waals surface area contributed by atoms with Gasteiger partial charge in [-0.25, -0.2) is 0 Å². The minimum atomic E-state index is -0.165. The molecule has 2 atom stereocenters. The molecular formula is C13H26O2. The zero-order chi connectivity index (χ0) is 11.7. The van der Waals surface area contributed by atoms with Crippen molar-refractivity contribution in [3.05, 3.63) is 0 Å². The molecule has 0 bridgehead atoms. The molecule has 0 spiro atoms. The van der Waals surface area contributed by atoms with Gasteiger partial charge in [0, 0.05) is 6.92 Å². The number of rotatable bonds is 8. The Morgan fingerprint density at radius 1 is 1.13 bits per heavy atom. The molecule has 0 aromatic heterocycles. The summed E-state index contributed by atoms with van der Waals surface area (Å²) in [5.74, 6) is 0.693. The smallest absolute Gasteiger partial charge is 0.302 e. The largest absolute Gasteiger partial charge is 0.463 e. The first-order valence-electron chi connectivity index (χ1n) is 6.23. The van der Waals surface area contributed by atoms with Crippen LogP contribution >= 0.6 is 0 Å². The van der Waals surface area contributed by atoms with E-state index in [0.717, 1.165) is 12.3 Å². The lowest BCUT2D eigenvalue weighted by Gasteiger charge is -2.12. The number of carbonyl (C=O) groups is 1. The lowest BCUT2D eigenvalue weighted by atomic mass is 10.00. The number of unbranched alkanes of at least 4 members (excludes halogenated alkanes) is 2. The van der Waals surface area contributed by atoms with Crippen LogP contribution in [0.4, 0.5) is 0 Å². The molecule has 0 aliphatic heterocycles. The minimum absolute atomic E-state index is 0.0890. The molecule has 0 fully saturated rings. The van der Waals surface area contributed by atoms with Crippen LogP contribution in [0.2, 0.25) is 0 Å². The highest BCUT2D eigenvalue weighted by molar-refractivity contribution is 5.66. The Kier molecular flexibility index (Phi) is 8.44. The molecule has 0 aromatic rings. The molecule has 2 nitrogen and oxygen atoms in total. The summed E-state index contributed by atoms with van der Waals surface area (Å²) in [4.78, 5) is 10.6. The van der Waals surface area contributed by atoms with Crippen LogP contribution < -0.4 is 0 Å². The predicted octanol–water partition coefficient (Wildman–Crippen LogP) is 3.93. The van der Waals surface area contributed by atoms with Crippen LogP contribution in [0.5, 0.6) is 0 Å². The van der Waals surface area contributed by atoms with Gasteiger partial charge in [-0.05, 0) is 25.7 Å². The Morgan fingerprint density at radius 2 is 1.73 bits per heavy atom. The third-order valence-electron chi connectivity index (χ3n) is 2.87. The lowest BCUT2D eigenvalue weighted by molar-refractivity contribution is -0.145. The van der Waals surface area contributed by atoms with Gasteiger partial charge in [-0.15, -0.1) is 0 Å². The zero-order valence-corrected chi connectivity index (χ0v) is 10.7. The molecule has 0 saturated heterocycles. The van der Waals surface area contributed by atoms with Crippen molar-refractivity contribution >= 4 is 5.97 Å². The molecule has 0 heterocycles. The maximum atomic E-state index is 10.6. The lowest BCUT2D eigenvalue weighted by Crippen LogP contribution is -2.11. The van der Waals surface area contributed by atoms with E-state index in [1.165, 1.54) is 39.0 Å². The average molecular weight is 214 g/mol. The fraction of sp³-hybridized carbons (Fsp3) is 0.923. The molecule has 0 N–H and O–H groups in total. The van der Waals surface area contributed by atoms with Gasteiger partial charge in [0.2, 0.25) is 0 Å². The van der Waals surface area contributed by atoms with Gasteiger partial charge in [0.1, 0.15) is 0 Å². The molecule has 0 rings (SSSR count). The van der Waals surface area contributed by atoms with Crippen molar-refractivity contribution < 1.29 is 9.53 Å². The highest BCUT2D eigenvalue weighted by atomic mass is 16.5. The summed E-state index contributed by atoms with van der Waals surface area (Å²) in [6, 6.07) is 0. The second-order valence-electron chi connectivity index (χ2n) is 4.57. The Bertz CT molecular complexity index is 166. The van der Waals surface area contributed by atoms with E-state index >= 15 is 0 Å². The first-order chi connectivity index (χ1) is 7.06. The van der Waals surface area contributed by atoms with E-state index in [4.69, 9.17) is 4.74 Å². The third-order valence-corrected chi connectivity index (χ3v) is 2.87. The van der Waals surface area contributed by atoms with Crippen LogP contribution in [0.3, 0.4) is 0 Å². The fourth-order valence-electron chi connectivity index (χ4n) is 1.65. The molecule has 0 aromatic carbocycles. The maximum Gasteiger partial charge on any atom is 0.302 e. The van der Waals surface area contributed by atoms with Crippen molar-refractivity contribution in [2.45, 2.75) is 72.3 Å². The minimum Gasteiger partial charge on any atom is -0.463 e. The van der Waals surface area contributed by atoms with Crippen LogP contribution in [0.1, 0.15) is 66.2 Å². The summed E-state index contributed by atoms with van der Waals surface area (Å²) in [6.07, 6.45) is 7.44. The molecular weight excluding hydrogens is 188 g/mol. The van der Waals surface area contributed by atoms with Crippen molar-refractivity contribution in [3.8, 4) is 0 Å². The highest BCUT2D eigenvalue weighted by Crippen LogP contribution is 2.14. The zero-order valence-electron chi connectivity index (χ0n) is 10.7. The topological polar surface area (TPSA) is 26.3 Å². The summed E-state index contributed by atoms with van der Waals surface area (Å²) in [7, 11) is 0. The quantitative estimate of drug-likeness (QED) is 0.452. The molecule has 0 amide bonds. The van der Waals surface area contributed by atoms with Crippen molar-refractivity contribution in [3.63, 3.8) is 0 Å². The van der Waals surface area contributed by atoms with E-state index in [9.17, 15) is 4.79 Å². The van der Waals surface area contributed by atoms with E-state index in [1.54, 1.807) is 0 Å². The Morgan fingerprint density at radius 3 is 2.27 bits per heavy atom. The summed E-state index contributed by atoms with van der Waals surface area (Å²) in [6.45, 7) is 7.99. The molecule has 15 heavy (non-hydrogen) atoms. The van der Waals surface area contributed by atoms with Crippen LogP contribution in [-0.4, -0.2) is 12.1 Å². The van der Waals surface area contributed by atoms with Gasteiger partial charge in [-0.3, -0.25) is 4.79 Å². The van der Waals surface area contributed by atoms with Crippen LogP contribution in [0, 0.1) is 5.92 Å². The van der Waals surface area contributed by atoms with Crippen LogP contribution in [0.15, 0.2) is 0 Å². The van der Waals surface area contributed by atoms with E-state index in [2.05, 4.69) is 13.8 Å². The number of esters is 1. The molecule has 0 aliphatic carbocycles. The van der Waals surface area contributed by atoms with Gasteiger partial charge >= 0.3 is 5.97 Å². The average Bonchev–Trinajstić information content (AvgIpc) is 2.15. The highest BCUT2D eigenvalue weighted by Gasteiger charge is 2.04. The molecule has 0 aliphatic rings. The van der Waals surface area contributed by atoms with Gasteiger partial charge in [0.05, 0.1) is 6.10 Å². The van der Waals surface area contributed by atoms with Crippen LogP contribution in [0.25, 0.3) is 0 Å². The van der Waals surface area contributed by atoms with Gasteiger partial charge in [-0.1, -0.05) is 39.5 Å². The monoisotopic (exact) mass is 214 g/mol. The molecule has 90 valence electrons. The van der Waals surface area contributed by atoms with Crippen LogP contribution in [-0.2, 0) is 9.53 Å². The Balaban J connectivity index is 3.27. The SMILES string of the molecule is CCC(C)CCCCCC(C)OC(C)=O. The van der Waals surface area contributed by atoms with Gasteiger partial charge in [0.25, 0.3) is 0 Å². The Hall–Kier alpha value is -0.530. The first-order valence-corrected chi connectivity index (χ1v) is 6.23. The van der Waals surface area contributed by atoms with E-state index < -0.39 is 0 Å². The number of hydrogen-bond acceptors (Lipinski definition) is 2. The summed E-state index contributed by atoms with van der Waals surface area (Å²) >= 11 is 0. The van der Waals surface area contributed by atoms with Gasteiger partial charge < -0.3 is 4.74 Å². The van der Waals surface area contributed by atoms with Gasteiger partial charge in [-0.2, -0.15) is 0 Å². The molecule has 2 heteroatoms. The second-order valence-corrected chi connectivity index (χ2v) is 4.57. The summed E-state index contributed by atoms with van der Waals surface area (Å²) in [5, 5.41) is 0. The standard InChI is InChI=1S/C13H26O2/c1-5-11(2)9-7-6-8-10-12(3)15-13(4)14/h11-12H,5-10H2,1-4H3. The molecule has 2 unspecified atom stereocenters. The van der Waals surface area contributed by atoms with Crippen molar-refractivity contribution in [2.24, 2.45) is 5.92 Å². The third kappa shape index (κ3) is 9.77. The van der Waals surface area contributed by atoms with E-state index in [1.807, 2.05) is 6.92 Å². The number of hydrogen-bond donors (Lipinski definition) is 0. The summed E-state index contributed by atoms with van der Waals surface area (Å²) in [5.41, 5.74) is 0. The van der Waals surface area contributed by atoms with E-state index in [-0.39, 0.29) is 12.1 Å². The van der Waals surface area contributed by atoms with Gasteiger partial charge in [0.15, 0.2) is 0 Å². The van der Waals surface area contributed by atoms with Crippen molar-refractivity contribution in [1.82, 2.24) is 0 Å². The second kappa shape index (κ2) is 8.75. The van der Waals surface area contributed by atoms with E-state index in [0.29, 0.717) is 0 Å². The molecule has 0 saturated carbocycles. The summed E-state index contributed by atoms with van der Waals surface area (Å²) < 4.78 is 5.06. The normalized spacial score (nSPS) is 14.7. The predicted molar refractivity (Wildman–Crippen MR) is 63.8 cm³/mol. The maximum absolute atomic E-state index is 10.6. The fourth-order valence-corrected chi connectivity index (χ4v) is 1.65. The number of ether oxygens (including phenoxy) is 1. The van der Waals surface area contributed by atoms with Crippen molar-refractivity contribution in [1.29, 1.82) is 0 Å². The first kappa shape index (κ1) is 14.5. The molecule has 0 radical (unpaired) electrons. The van der Waals surface area contributed by atoms with Crippen molar-refractivity contribution in [2.75, 3.05) is 0 Å². The Labute approximate surface area is 94.4 Å².